The summed E-state index contributed by atoms with van der Waals surface area (Å²) < 4.78 is 12.2. The van der Waals surface area contributed by atoms with Crippen LogP contribution in [-0.2, 0) is 23.9 Å². The van der Waals surface area contributed by atoms with Crippen LogP contribution in [0, 0.1) is 0 Å². The fourth-order valence-electron chi connectivity index (χ4n) is 3.55. The first-order chi connectivity index (χ1) is 13.0. The van der Waals surface area contributed by atoms with Crippen LogP contribution in [0.25, 0.3) is 0 Å². The third-order valence-electron chi connectivity index (χ3n) is 4.91. The molecule has 7 heteroatoms. The van der Waals surface area contributed by atoms with Gasteiger partial charge in [-0.25, -0.2) is 4.99 Å². The van der Waals surface area contributed by atoms with Crippen LogP contribution in [0.2, 0.25) is 0 Å². The number of guanidine groups is 1. The predicted octanol–water partition coefficient (Wildman–Crippen LogP) is 3.50. The van der Waals surface area contributed by atoms with Crippen LogP contribution in [0.15, 0.2) is 29.3 Å². The topological polar surface area (TPSA) is 56.7 Å². The van der Waals surface area contributed by atoms with E-state index in [1.54, 1.807) is 0 Å². The lowest BCUT2D eigenvalue weighted by atomic mass is 9.95. The minimum atomic E-state index is -0.697. The van der Waals surface area contributed by atoms with Gasteiger partial charge in [0.25, 0.3) is 0 Å². The molecule has 3 unspecified atom stereocenters. The monoisotopic (exact) mass is 520 g/mol. The van der Waals surface area contributed by atoms with E-state index in [0.717, 1.165) is 50.5 Å². The first-order valence-corrected chi connectivity index (χ1v) is 11.5. The molecule has 1 saturated carbocycles. The summed E-state index contributed by atoms with van der Waals surface area (Å²) in [6.07, 6.45) is 4.33. The van der Waals surface area contributed by atoms with Crippen molar-refractivity contribution in [3.63, 3.8) is 0 Å². The average molecular weight is 521 g/mol. The molecule has 28 heavy (non-hydrogen) atoms. The van der Waals surface area contributed by atoms with Crippen LogP contribution in [-0.4, -0.2) is 52.8 Å². The predicted molar refractivity (Wildman–Crippen MR) is 132 cm³/mol. The van der Waals surface area contributed by atoms with E-state index >= 15 is 0 Å². The lowest BCUT2D eigenvalue weighted by Crippen LogP contribution is -2.46. The van der Waals surface area contributed by atoms with Crippen LogP contribution in [0.5, 0.6) is 0 Å². The molecule has 0 bridgehead atoms. The lowest BCUT2D eigenvalue weighted by molar-refractivity contribution is 0.402. The number of nitrogens with zero attached hydrogens (tertiary/aromatic N) is 2. The summed E-state index contributed by atoms with van der Waals surface area (Å²) in [7, 11) is 3.47. The zero-order valence-electron chi connectivity index (χ0n) is 17.7. The molecule has 160 valence electrons. The Kier molecular flexibility index (Phi) is 12.3. The van der Waals surface area contributed by atoms with Crippen LogP contribution in [0.1, 0.15) is 50.7 Å². The van der Waals surface area contributed by atoms with Gasteiger partial charge < -0.3 is 15.5 Å². The molecular weight excluding hydrogens is 483 g/mol. The number of halogens is 1. The van der Waals surface area contributed by atoms with E-state index in [1.807, 2.05) is 6.92 Å². The van der Waals surface area contributed by atoms with Gasteiger partial charge in [-0.2, -0.15) is 0 Å². The number of rotatable bonds is 8. The summed E-state index contributed by atoms with van der Waals surface area (Å²) in [6, 6.07) is 9.04. The van der Waals surface area contributed by atoms with Crippen LogP contribution >= 0.6 is 24.0 Å². The van der Waals surface area contributed by atoms with Gasteiger partial charge in [-0.15, -0.1) is 24.0 Å². The zero-order chi connectivity index (χ0) is 19.6. The maximum Gasteiger partial charge on any atom is 0.191 e. The van der Waals surface area contributed by atoms with Crippen molar-refractivity contribution in [3.05, 3.63) is 35.4 Å². The molecule has 1 aromatic rings. The van der Waals surface area contributed by atoms with Gasteiger partial charge in [0.15, 0.2) is 5.96 Å². The minimum Gasteiger partial charge on any atom is -0.357 e. The summed E-state index contributed by atoms with van der Waals surface area (Å²) in [5.41, 5.74) is 2.53. The molecule has 2 rings (SSSR count). The normalized spacial score (nSPS) is 21.1. The molecule has 0 saturated heterocycles. The molecule has 1 aliphatic carbocycles. The molecule has 0 amide bonds. The number of benzene rings is 1. The first kappa shape index (κ1) is 25.4. The molecule has 1 aromatic carbocycles. The third-order valence-corrected chi connectivity index (χ3v) is 6.65. The Balaban J connectivity index is 0.00000392. The van der Waals surface area contributed by atoms with Crippen molar-refractivity contribution in [2.75, 3.05) is 26.4 Å². The van der Waals surface area contributed by atoms with Gasteiger partial charge in [0.1, 0.15) is 0 Å². The Morgan fingerprint density at radius 1 is 1.18 bits per heavy atom. The van der Waals surface area contributed by atoms with Gasteiger partial charge in [-0.05, 0) is 51.4 Å². The molecular formula is C21H37IN4OS. The first-order valence-electron chi connectivity index (χ1n) is 10.2. The average Bonchev–Trinajstić information content (AvgIpc) is 2.66. The Morgan fingerprint density at radius 3 is 2.46 bits per heavy atom. The highest BCUT2D eigenvalue weighted by molar-refractivity contribution is 14.0. The highest BCUT2D eigenvalue weighted by Gasteiger charge is 2.25. The number of nitrogens with one attached hydrogen (secondary N) is 2. The van der Waals surface area contributed by atoms with Crippen molar-refractivity contribution in [3.8, 4) is 0 Å². The molecule has 0 aliphatic heterocycles. The lowest BCUT2D eigenvalue weighted by Gasteiger charge is -2.30. The summed E-state index contributed by atoms with van der Waals surface area (Å²) in [4.78, 5) is 6.94. The third kappa shape index (κ3) is 8.78. The molecule has 0 heterocycles. The fourth-order valence-corrected chi connectivity index (χ4v) is 4.90. The van der Waals surface area contributed by atoms with E-state index in [2.05, 4.69) is 60.8 Å². The molecule has 1 aliphatic rings. The van der Waals surface area contributed by atoms with Gasteiger partial charge in [0.2, 0.25) is 0 Å². The van der Waals surface area contributed by atoms with Gasteiger partial charge in [0, 0.05) is 40.9 Å². The number of hydrogen-bond acceptors (Lipinski definition) is 3. The van der Waals surface area contributed by atoms with Crippen molar-refractivity contribution in [1.82, 2.24) is 15.5 Å². The molecule has 0 aromatic heterocycles. The standard InChI is InChI=1S/C21H36N4OS.HI/c1-5-22-21(24-19-8-7-9-20(14-19)27(26)6-2)23-15-17-10-12-18(13-11-17)16-25(3)4;/h10-13,19-20H,5-9,14-16H2,1-4H3,(H2,22,23,24);1H. The second-order valence-electron chi connectivity index (χ2n) is 7.55. The highest BCUT2D eigenvalue weighted by Crippen LogP contribution is 2.23. The maximum atomic E-state index is 12.2. The van der Waals surface area contributed by atoms with Crippen LogP contribution < -0.4 is 10.6 Å². The minimum absolute atomic E-state index is 0. The summed E-state index contributed by atoms with van der Waals surface area (Å²) in [5, 5.41) is 7.25. The Bertz CT molecular complexity index is 621. The maximum absolute atomic E-state index is 12.2. The SMILES string of the molecule is CCNC(=NCc1ccc(CN(C)C)cc1)NC1CCCC(S(=O)CC)C1.I. The summed E-state index contributed by atoms with van der Waals surface area (Å²) in [5.74, 6) is 1.62. The summed E-state index contributed by atoms with van der Waals surface area (Å²) >= 11 is 0. The fraction of sp³-hybridized carbons (Fsp3) is 0.667. The Hall–Kier alpha value is -0.670. The van der Waals surface area contributed by atoms with Crippen molar-refractivity contribution in [2.24, 2.45) is 4.99 Å². The molecule has 0 spiro atoms. The Morgan fingerprint density at radius 2 is 1.86 bits per heavy atom. The van der Waals surface area contributed by atoms with E-state index in [4.69, 9.17) is 4.99 Å². The molecule has 2 N–H and O–H groups in total. The van der Waals surface area contributed by atoms with Crippen LogP contribution in [0.3, 0.4) is 0 Å². The number of aliphatic imine (C=N–C) groups is 1. The summed E-state index contributed by atoms with van der Waals surface area (Å²) in [6.45, 7) is 6.56. The van der Waals surface area contributed by atoms with Gasteiger partial charge >= 0.3 is 0 Å². The van der Waals surface area contributed by atoms with Crippen LogP contribution in [0.4, 0.5) is 0 Å². The number of hydrogen-bond donors (Lipinski definition) is 2. The molecule has 3 atom stereocenters. The highest BCUT2D eigenvalue weighted by atomic mass is 127. The largest absolute Gasteiger partial charge is 0.357 e. The molecule has 5 nitrogen and oxygen atoms in total. The van der Waals surface area contributed by atoms with Gasteiger partial charge in [-0.1, -0.05) is 37.6 Å². The second-order valence-corrected chi connectivity index (χ2v) is 9.55. The quantitative estimate of drug-likeness (QED) is 0.313. The van der Waals surface area contributed by atoms with Crippen molar-refractivity contribution in [1.29, 1.82) is 0 Å². The van der Waals surface area contributed by atoms with Crippen molar-refractivity contribution >= 4 is 40.7 Å². The van der Waals surface area contributed by atoms with E-state index in [9.17, 15) is 4.21 Å². The van der Waals surface area contributed by atoms with E-state index in [0.29, 0.717) is 17.8 Å². The van der Waals surface area contributed by atoms with Crippen molar-refractivity contribution < 1.29 is 4.21 Å². The van der Waals surface area contributed by atoms with E-state index in [1.165, 1.54) is 11.1 Å². The van der Waals surface area contributed by atoms with E-state index < -0.39 is 10.8 Å². The smallest absolute Gasteiger partial charge is 0.191 e. The Labute approximate surface area is 190 Å². The molecule has 0 radical (unpaired) electrons. The van der Waals surface area contributed by atoms with Gasteiger partial charge in [0.05, 0.1) is 6.54 Å². The second kappa shape index (κ2) is 13.5. The van der Waals surface area contributed by atoms with E-state index in [-0.39, 0.29) is 24.0 Å². The van der Waals surface area contributed by atoms with Crippen molar-refractivity contribution in [2.45, 2.75) is 63.9 Å². The zero-order valence-corrected chi connectivity index (χ0v) is 20.9. The van der Waals surface area contributed by atoms with Gasteiger partial charge in [-0.3, -0.25) is 4.21 Å². The molecule has 1 fully saturated rings.